The number of amides is 1. The molecular weight excluding hydrogens is 359 g/mol. The molecule has 0 aromatic heterocycles. The lowest BCUT2D eigenvalue weighted by molar-refractivity contribution is 0.102. The summed E-state index contributed by atoms with van der Waals surface area (Å²) >= 11 is 0. The summed E-state index contributed by atoms with van der Waals surface area (Å²) in [6.07, 6.45) is 0. The maximum atomic E-state index is 13.3. The molecule has 3 rings (SSSR count). The highest BCUT2D eigenvalue weighted by atomic mass is 19.1. The smallest absolute Gasteiger partial charge is 0.255 e. The summed E-state index contributed by atoms with van der Waals surface area (Å²) in [6.45, 7) is 0.494. The molecular formula is C22H21FN2O3. The molecule has 0 bridgehead atoms. The van der Waals surface area contributed by atoms with Crippen LogP contribution in [0, 0.1) is 5.82 Å². The Hall–Kier alpha value is -3.54. The zero-order chi connectivity index (χ0) is 19.9. The second-order valence-electron chi connectivity index (χ2n) is 6.08. The fourth-order valence-corrected chi connectivity index (χ4v) is 2.71. The van der Waals surface area contributed by atoms with Gasteiger partial charge in [-0.05, 0) is 54.1 Å². The average molecular weight is 380 g/mol. The van der Waals surface area contributed by atoms with Crippen molar-refractivity contribution in [1.82, 2.24) is 0 Å². The van der Waals surface area contributed by atoms with Crippen molar-refractivity contribution in [1.29, 1.82) is 0 Å². The standard InChI is InChI=1S/C22H21FN2O3/c1-27-19-9-6-16(7-10-19)22(26)25-18-5-3-4-15(12-18)14-24-20-11-8-17(23)13-21(20)28-2/h3-13,24H,14H2,1-2H3,(H,25,26). The largest absolute Gasteiger partial charge is 0.497 e. The molecule has 0 heterocycles. The fraction of sp³-hybridized carbons (Fsp3) is 0.136. The van der Waals surface area contributed by atoms with Gasteiger partial charge in [0.15, 0.2) is 0 Å². The number of carbonyl (C=O) groups excluding carboxylic acids is 1. The van der Waals surface area contributed by atoms with E-state index in [1.807, 2.05) is 24.3 Å². The quantitative estimate of drug-likeness (QED) is 0.623. The number of carbonyl (C=O) groups is 1. The predicted octanol–water partition coefficient (Wildman–Crippen LogP) is 4.71. The van der Waals surface area contributed by atoms with Crippen molar-refractivity contribution in [2.24, 2.45) is 0 Å². The van der Waals surface area contributed by atoms with Crippen LogP contribution in [0.5, 0.6) is 11.5 Å². The second-order valence-corrected chi connectivity index (χ2v) is 6.08. The van der Waals surface area contributed by atoms with Crippen molar-refractivity contribution in [2.45, 2.75) is 6.54 Å². The molecule has 28 heavy (non-hydrogen) atoms. The Labute approximate surface area is 163 Å². The van der Waals surface area contributed by atoms with Gasteiger partial charge in [0.1, 0.15) is 17.3 Å². The van der Waals surface area contributed by atoms with E-state index in [-0.39, 0.29) is 11.7 Å². The van der Waals surface area contributed by atoms with Crippen molar-refractivity contribution >= 4 is 17.3 Å². The predicted molar refractivity (Wildman–Crippen MR) is 108 cm³/mol. The van der Waals surface area contributed by atoms with Crippen molar-refractivity contribution in [2.75, 3.05) is 24.9 Å². The second kappa shape index (κ2) is 8.90. The maximum Gasteiger partial charge on any atom is 0.255 e. The Morgan fingerprint density at radius 1 is 0.964 bits per heavy atom. The van der Waals surface area contributed by atoms with Gasteiger partial charge >= 0.3 is 0 Å². The first kappa shape index (κ1) is 19.2. The number of anilines is 2. The van der Waals surface area contributed by atoms with Crippen LogP contribution in [0.25, 0.3) is 0 Å². The molecule has 0 radical (unpaired) electrons. The van der Waals surface area contributed by atoms with Crippen molar-refractivity contribution in [3.05, 3.63) is 83.7 Å². The average Bonchev–Trinajstić information content (AvgIpc) is 2.73. The third-order valence-electron chi connectivity index (χ3n) is 4.18. The van der Waals surface area contributed by atoms with Crippen LogP contribution in [0.1, 0.15) is 15.9 Å². The molecule has 6 heteroatoms. The van der Waals surface area contributed by atoms with E-state index < -0.39 is 0 Å². The van der Waals surface area contributed by atoms with Crippen LogP contribution in [0.2, 0.25) is 0 Å². The van der Waals surface area contributed by atoms with Gasteiger partial charge < -0.3 is 20.1 Å². The van der Waals surface area contributed by atoms with Gasteiger partial charge in [0.25, 0.3) is 5.91 Å². The molecule has 3 aromatic carbocycles. The third-order valence-corrected chi connectivity index (χ3v) is 4.18. The molecule has 0 spiro atoms. The van der Waals surface area contributed by atoms with E-state index in [1.165, 1.54) is 19.2 Å². The SMILES string of the molecule is COc1ccc(C(=O)Nc2cccc(CNc3ccc(F)cc3OC)c2)cc1. The molecule has 0 saturated heterocycles. The lowest BCUT2D eigenvalue weighted by Gasteiger charge is -2.12. The van der Waals surface area contributed by atoms with E-state index in [0.29, 0.717) is 35.0 Å². The molecule has 0 aliphatic carbocycles. The van der Waals surface area contributed by atoms with Gasteiger partial charge in [0, 0.05) is 23.9 Å². The highest BCUT2D eigenvalue weighted by molar-refractivity contribution is 6.04. The Bertz CT molecular complexity index is 958. The van der Waals surface area contributed by atoms with Gasteiger partial charge in [-0.3, -0.25) is 4.79 Å². The number of hydrogen-bond donors (Lipinski definition) is 2. The fourth-order valence-electron chi connectivity index (χ4n) is 2.71. The summed E-state index contributed by atoms with van der Waals surface area (Å²) < 4.78 is 23.6. The molecule has 0 aliphatic heterocycles. The normalized spacial score (nSPS) is 10.2. The molecule has 0 atom stereocenters. The van der Waals surface area contributed by atoms with Gasteiger partial charge in [-0.15, -0.1) is 0 Å². The topological polar surface area (TPSA) is 59.6 Å². The zero-order valence-electron chi connectivity index (χ0n) is 15.7. The lowest BCUT2D eigenvalue weighted by Crippen LogP contribution is -2.12. The van der Waals surface area contributed by atoms with E-state index in [0.717, 1.165) is 5.56 Å². The molecule has 0 unspecified atom stereocenters. The van der Waals surface area contributed by atoms with Crippen molar-refractivity contribution in [3.8, 4) is 11.5 Å². The van der Waals surface area contributed by atoms with Crippen LogP contribution >= 0.6 is 0 Å². The van der Waals surface area contributed by atoms with Crippen LogP contribution in [0.15, 0.2) is 66.7 Å². The summed E-state index contributed by atoms with van der Waals surface area (Å²) in [5.41, 5.74) is 2.88. The summed E-state index contributed by atoms with van der Waals surface area (Å²) in [5.74, 6) is 0.573. The first-order valence-electron chi connectivity index (χ1n) is 8.71. The number of hydrogen-bond acceptors (Lipinski definition) is 4. The number of methoxy groups -OCH3 is 2. The van der Waals surface area contributed by atoms with Crippen LogP contribution in [0.4, 0.5) is 15.8 Å². The summed E-state index contributed by atoms with van der Waals surface area (Å²) in [6, 6.07) is 18.7. The number of nitrogens with one attached hydrogen (secondary N) is 2. The van der Waals surface area contributed by atoms with Gasteiger partial charge in [-0.1, -0.05) is 12.1 Å². The summed E-state index contributed by atoms with van der Waals surface area (Å²) in [4.78, 5) is 12.4. The van der Waals surface area contributed by atoms with Crippen LogP contribution < -0.4 is 20.1 Å². The van der Waals surface area contributed by atoms with Crippen LogP contribution in [-0.4, -0.2) is 20.1 Å². The van der Waals surface area contributed by atoms with Gasteiger partial charge in [0.2, 0.25) is 0 Å². The number of rotatable bonds is 7. The molecule has 5 nitrogen and oxygen atoms in total. The van der Waals surface area contributed by atoms with Gasteiger partial charge in [-0.2, -0.15) is 0 Å². The molecule has 3 aromatic rings. The molecule has 144 valence electrons. The minimum Gasteiger partial charge on any atom is -0.497 e. The molecule has 0 fully saturated rings. The number of halogens is 1. The monoisotopic (exact) mass is 380 g/mol. The van der Waals surface area contributed by atoms with Gasteiger partial charge in [-0.25, -0.2) is 4.39 Å². The van der Waals surface area contributed by atoms with E-state index >= 15 is 0 Å². The lowest BCUT2D eigenvalue weighted by atomic mass is 10.1. The van der Waals surface area contributed by atoms with E-state index in [1.54, 1.807) is 37.4 Å². The Kier molecular flexibility index (Phi) is 6.11. The molecule has 1 amide bonds. The van der Waals surface area contributed by atoms with E-state index in [9.17, 15) is 9.18 Å². The summed E-state index contributed by atoms with van der Waals surface area (Å²) in [7, 11) is 3.07. The van der Waals surface area contributed by atoms with Crippen LogP contribution in [0.3, 0.4) is 0 Å². The first-order chi connectivity index (χ1) is 13.6. The third kappa shape index (κ3) is 4.79. The summed E-state index contributed by atoms with van der Waals surface area (Å²) in [5, 5.41) is 6.10. The first-order valence-corrected chi connectivity index (χ1v) is 8.71. The minimum atomic E-state index is -0.356. The Morgan fingerprint density at radius 3 is 2.46 bits per heavy atom. The maximum absolute atomic E-state index is 13.3. The molecule has 0 aliphatic rings. The van der Waals surface area contributed by atoms with Crippen molar-refractivity contribution in [3.63, 3.8) is 0 Å². The van der Waals surface area contributed by atoms with E-state index in [2.05, 4.69) is 10.6 Å². The molecule has 2 N–H and O–H groups in total. The highest BCUT2D eigenvalue weighted by Gasteiger charge is 2.08. The van der Waals surface area contributed by atoms with Crippen molar-refractivity contribution < 1.29 is 18.7 Å². The Morgan fingerprint density at radius 2 is 1.75 bits per heavy atom. The molecule has 0 saturated carbocycles. The number of benzene rings is 3. The minimum absolute atomic E-state index is 0.201. The number of ether oxygens (including phenoxy) is 2. The highest BCUT2D eigenvalue weighted by Crippen LogP contribution is 2.25. The Balaban J connectivity index is 1.66. The van der Waals surface area contributed by atoms with Gasteiger partial charge in [0.05, 0.1) is 19.9 Å². The van der Waals surface area contributed by atoms with E-state index in [4.69, 9.17) is 9.47 Å². The zero-order valence-corrected chi connectivity index (χ0v) is 15.7. The van der Waals surface area contributed by atoms with Crippen LogP contribution in [-0.2, 0) is 6.54 Å².